The number of nitrogens with two attached hydrogens (primary N) is 1. The van der Waals surface area contributed by atoms with Gasteiger partial charge in [0.1, 0.15) is 5.41 Å². The maximum atomic E-state index is 13.9. The van der Waals surface area contributed by atoms with Crippen LogP contribution >= 0.6 is 0 Å². The first-order chi connectivity index (χ1) is 15.0. The monoisotopic (exact) mass is 424 g/mol. The molecular formula is C25H32N2O4. The molecule has 4 N–H and O–H groups in total. The van der Waals surface area contributed by atoms with E-state index >= 15 is 0 Å². The van der Waals surface area contributed by atoms with Gasteiger partial charge < -0.3 is 20.8 Å². The van der Waals surface area contributed by atoms with Gasteiger partial charge in [-0.25, -0.2) is 0 Å². The molecule has 1 aliphatic rings. The molecule has 0 aromatic heterocycles. The standard InChI is InChI=1S/C25H32N2O4/c26-23(30)25(13-7-8-14-25)24(31)27(21(17-28)15-19-9-3-1-4-10-19)22(18-29)16-20-11-5-2-6-12-20/h1-6,9-12,21-22,28-29H,7-8,13-18H2,(H2,26,30). The molecule has 1 saturated carbocycles. The van der Waals surface area contributed by atoms with Gasteiger partial charge >= 0.3 is 0 Å². The highest BCUT2D eigenvalue weighted by Gasteiger charge is 2.50. The van der Waals surface area contributed by atoms with Crippen molar-refractivity contribution in [2.75, 3.05) is 13.2 Å². The third-order valence-corrected chi connectivity index (χ3v) is 6.41. The number of hydrogen-bond acceptors (Lipinski definition) is 4. The first-order valence-electron chi connectivity index (χ1n) is 10.9. The van der Waals surface area contributed by atoms with E-state index in [-0.39, 0.29) is 19.1 Å². The Morgan fingerprint density at radius 3 is 1.61 bits per heavy atom. The fraction of sp³-hybridized carbons (Fsp3) is 0.440. The first-order valence-corrected chi connectivity index (χ1v) is 10.9. The predicted molar refractivity (Wildman–Crippen MR) is 119 cm³/mol. The molecule has 2 atom stereocenters. The first kappa shape index (κ1) is 23.0. The Morgan fingerprint density at radius 1 is 0.839 bits per heavy atom. The summed E-state index contributed by atoms with van der Waals surface area (Å²) in [5.74, 6) is -0.990. The van der Waals surface area contributed by atoms with Crippen LogP contribution in [0, 0.1) is 5.41 Å². The molecule has 2 unspecified atom stereocenters. The van der Waals surface area contributed by atoms with Crippen molar-refractivity contribution in [3.8, 4) is 0 Å². The van der Waals surface area contributed by atoms with Gasteiger partial charge in [-0.3, -0.25) is 9.59 Å². The van der Waals surface area contributed by atoms with Crippen LogP contribution in [0.15, 0.2) is 60.7 Å². The number of carbonyl (C=O) groups is 2. The number of primary amides is 1. The quantitative estimate of drug-likeness (QED) is 0.508. The van der Waals surface area contributed by atoms with E-state index in [0.29, 0.717) is 25.7 Å². The van der Waals surface area contributed by atoms with Crippen molar-refractivity contribution >= 4 is 11.8 Å². The van der Waals surface area contributed by atoms with Crippen LogP contribution in [0.2, 0.25) is 0 Å². The van der Waals surface area contributed by atoms with Gasteiger partial charge in [0.2, 0.25) is 11.8 Å². The molecule has 0 heterocycles. The van der Waals surface area contributed by atoms with Gasteiger partial charge in [-0.2, -0.15) is 0 Å². The van der Waals surface area contributed by atoms with Crippen LogP contribution in [0.1, 0.15) is 36.8 Å². The smallest absolute Gasteiger partial charge is 0.238 e. The Bertz CT molecular complexity index is 801. The summed E-state index contributed by atoms with van der Waals surface area (Å²) in [7, 11) is 0. The zero-order chi connectivity index (χ0) is 22.3. The lowest BCUT2D eigenvalue weighted by atomic mass is 9.82. The van der Waals surface area contributed by atoms with Gasteiger partial charge in [-0.05, 0) is 36.8 Å². The molecule has 31 heavy (non-hydrogen) atoms. The Balaban J connectivity index is 1.98. The number of nitrogens with zero attached hydrogens (tertiary/aromatic N) is 1. The van der Waals surface area contributed by atoms with Gasteiger partial charge in [0.15, 0.2) is 0 Å². The van der Waals surface area contributed by atoms with Crippen molar-refractivity contribution < 1.29 is 19.8 Å². The fourth-order valence-electron chi connectivity index (χ4n) is 4.70. The molecule has 6 heteroatoms. The summed E-state index contributed by atoms with van der Waals surface area (Å²) in [6.45, 7) is -0.554. The number of aliphatic hydroxyl groups excluding tert-OH is 2. The molecule has 166 valence electrons. The Labute approximate surface area is 183 Å². The molecule has 0 spiro atoms. The maximum Gasteiger partial charge on any atom is 0.238 e. The minimum atomic E-state index is -1.27. The van der Waals surface area contributed by atoms with Crippen molar-refractivity contribution in [2.24, 2.45) is 11.1 Å². The number of benzene rings is 2. The molecular weight excluding hydrogens is 392 g/mol. The van der Waals surface area contributed by atoms with E-state index in [2.05, 4.69) is 0 Å². The Kier molecular flexibility index (Phi) is 7.82. The van der Waals surface area contributed by atoms with Crippen LogP contribution in [0.3, 0.4) is 0 Å². The molecule has 1 fully saturated rings. The lowest BCUT2D eigenvalue weighted by Crippen LogP contribution is -2.59. The van der Waals surface area contributed by atoms with E-state index in [1.165, 1.54) is 0 Å². The van der Waals surface area contributed by atoms with Crippen LogP contribution in [0.4, 0.5) is 0 Å². The van der Waals surface area contributed by atoms with E-state index in [9.17, 15) is 19.8 Å². The molecule has 0 bridgehead atoms. The highest BCUT2D eigenvalue weighted by atomic mass is 16.3. The van der Waals surface area contributed by atoms with Gasteiger partial charge in [-0.1, -0.05) is 73.5 Å². The van der Waals surface area contributed by atoms with Gasteiger partial charge in [0, 0.05) is 0 Å². The Hall–Kier alpha value is -2.70. The highest BCUT2D eigenvalue weighted by molar-refractivity contribution is 6.05. The van der Waals surface area contributed by atoms with E-state index in [4.69, 9.17) is 5.73 Å². The van der Waals surface area contributed by atoms with Gasteiger partial charge in [0.25, 0.3) is 0 Å². The summed E-state index contributed by atoms with van der Waals surface area (Å²) in [6.07, 6.45) is 3.17. The van der Waals surface area contributed by atoms with Crippen LogP contribution < -0.4 is 5.73 Å². The minimum absolute atomic E-state index is 0.277. The van der Waals surface area contributed by atoms with Crippen LogP contribution in [-0.2, 0) is 22.4 Å². The Morgan fingerprint density at radius 2 is 1.26 bits per heavy atom. The van der Waals surface area contributed by atoms with Crippen LogP contribution in [-0.4, -0.2) is 52.2 Å². The average Bonchev–Trinajstić information content (AvgIpc) is 3.30. The summed E-state index contributed by atoms with van der Waals surface area (Å²) in [6, 6.07) is 18.1. The van der Waals surface area contributed by atoms with Gasteiger partial charge in [0.05, 0.1) is 25.3 Å². The maximum absolute atomic E-state index is 13.9. The molecule has 0 aliphatic heterocycles. The highest BCUT2D eigenvalue weighted by Crippen LogP contribution is 2.41. The summed E-state index contributed by atoms with van der Waals surface area (Å²) in [4.78, 5) is 27.9. The summed E-state index contributed by atoms with van der Waals surface area (Å²) in [5.41, 5.74) is 6.41. The molecule has 2 aromatic carbocycles. The molecule has 1 aliphatic carbocycles. The van der Waals surface area contributed by atoms with Crippen LogP contribution in [0.25, 0.3) is 0 Å². The molecule has 2 amide bonds. The topological polar surface area (TPSA) is 104 Å². The molecule has 6 nitrogen and oxygen atoms in total. The lowest BCUT2D eigenvalue weighted by Gasteiger charge is -2.41. The zero-order valence-electron chi connectivity index (χ0n) is 17.8. The van der Waals surface area contributed by atoms with E-state index in [1.54, 1.807) is 4.90 Å². The van der Waals surface area contributed by atoms with Crippen molar-refractivity contribution in [3.63, 3.8) is 0 Å². The predicted octanol–water partition coefficient (Wildman–Crippen LogP) is 2.07. The third kappa shape index (κ3) is 5.14. The second-order valence-corrected chi connectivity index (χ2v) is 8.42. The third-order valence-electron chi connectivity index (χ3n) is 6.41. The second kappa shape index (κ2) is 10.6. The molecule has 3 rings (SSSR count). The normalized spacial score (nSPS) is 17.1. The van der Waals surface area contributed by atoms with E-state index in [1.807, 2.05) is 60.7 Å². The second-order valence-electron chi connectivity index (χ2n) is 8.42. The average molecular weight is 425 g/mol. The van der Waals surface area contributed by atoms with Crippen molar-refractivity contribution in [1.29, 1.82) is 0 Å². The zero-order valence-corrected chi connectivity index (χ0v) is 17.8. The summed E-state index contributed by atoms with van der Waals surface area (Å²) >= 11 is 0. The summed E-state index contributed by atoms with van der Waals surface area (Å²) in [5, 5.41) is 20.6. The van der Waals surface area contributed by atoms with Gasteiger partial charge in [-0.15, -0.1) is 0 Å². The van der Waals surface area contributed by atoms with Crippen molar-refractivity contribution in [3.05, 3.63) is 71.8 Å². The molecule has 0 saturated heterocycles. The van der Waals surface area contributed by atoms with Crippen LogP contribution in [0.5, 0.6) is 0 Å². The van der Waals surface area contributed by atoms with Crippen molar-refractivity contribution in [2.45, 2.75) is 50.6 Å². The number of carbonyl (C=O) groups excluding carboxylic acids is 2. The lowest BCUT2D eigenvalue weighted by molar-refractivity contribution is -0.155. The summed E-state index contributed by atoms with van der Waals surface area (Å²) < 4.78 is 0. The fourth-order valence-corrected chi connectivity index (χ4v) is 4.70. The SMILES string of the molecule is NC(=O)C1(C(=O)N(C(CO)Cc2ccccc2)C(CO)Cc2ccccc2)CCCC1. The number of aliphatic hydroxyl groups is 2. The largest absolute Gasteiger partial charge is 0.394 e. The van der Waals surface area contributed by atoms with E-state index in [0.717, 1.165) is 24.0 Å². The van der Waals surface area contributed by atoms with E-state index < -0.39 is 23.4 Å². The minimum Gasteiger partial charge on any atom is -0.394 e. The number of rotatable bonds is 10. The number of amides is 2. The molecule has 0 radical (unpaired) electrons. The number of hydrogen-bond donors (Lipinski definition) is 3. The van der Waals surface area contributed by atoms with Crippen molar-refractivity contribution in [1.82, 2.24) is 4.90 Å². The molecule has 2 aromatic rings.